The first kappa shape index (κ1) is 19.4. The third-order valence-corrected chi connectivity index (χ3v) is 9.63. The van der Waals surface area contributed by atoms with E-state index < -0.39 is 31.0 Å². The molecule has 0 aliphatic carbocycles. The number of nitrogens with zero attached hydrogens (tertiary/aromatic N) is 3. The van der Waals surface area contributed by atoms with Crippen LogP contribution >= 0.6 is 0 Å². The molecule has 2 aliphatic heterocycles. The van der Waals surface area contributed by atoms with E-state index >= 15 is 0 Å². The molecule has 0 spiro atoms. The number of sulfone groups is 2. The molecule has 2 aromatic rings. The molecule has 28 heavy (non-hydrogen) atoms. The Labute approximate surface area is 165 Å². The SMILES string of the molecule is O=S1(=O)C[C@H](N2CCN(c3ccccn3)CC2)[C@@H](S(=O)(=O)c2ccccc2)C1. The van der Waals surface area contributed by atoms with Crippen molar-refractivity contribution < 1.29 is 16.8 Å². The van der Waals surface area contributed by atoms with Crippen LogP contribution in [0.4, 0.5) is 5.82 Å². The zero-order chi connectivity index (χ0) is 19.8. The highest BCUT2D eigenvalue weighted by Gasteiger charge is 2.48. The minimum Gasteiger partial charge on any atom is -0.354 e. The Morgan fingerprint density at radius 1 is 0.893 bits per heavy atom. The second-order valence-electron chi connectivity index (χ2n) is 7.25. The lowest BCUT2D eigenvalue weighted by molar-refractivity contribution is 0.201. The van der Waals surface area contributed by atoms with Gasteiger partial charge in [-0.25, -0.2) is 21.8 Å². The van der Waals surface area contributed by atoms with Crippen LogP contribution < -0.4 is 4.90 Å². The molecule has 0 saturated carbocycles. The lowest BCUT2D eigenvalue weighted by Gasteiger charge is -2.39. The van der Waals surface area contributed by atoms with Crippen LogP contribution in [0.5, 0.6) is 0 Å². The van der Waals surface area contributed by atoms with Crippen LogP contribution in [0.15, 0.2) is 59.6 Å². The first-order valence-electron chi connectivity index (χ1n) is 9.26. The molecule has 0 bridgehead atoms. The summed E-state index contributed by atoms with van der Waals surface area (Å²) in [6, 6.07) is 13.4. The Morgan fingerprint density at radius 3 is 2.21 bits per heavy atom. The smallest absolute Gasteiger partial charge is 0.183 e. The van der Waals surface area contributed by atoms with Gasteiger partial charge in [-0.3, -0.25) is 4.90 Å². The maximum absolute atomic E-state index is 13.1. The van der Waals surface area contributed by atoms with Crippen molar-refractivity contribution in [2.24, 2.45) is 0 Å². The predicted octanol–water partition coefficient (Wildman–Crippen LogP) is 0.843. The highest BCUT2D eigenvalue weighted by Crippen LogP contribution is 2.30. The van der Waals surface area contributed by atoms with E-state index in [9.17, 15) is 16.8 Å². The number of piperazine rings is 1. The Bertz CT molecular complexity index is 1020. The molecule has 9 heteroatoms. The van der Waals surface area contributed by atoms with Crippen LogP contribution in [0.1, 0.15) is 0 Å². The molecule has 2 fully saturated rings. The van der Waals surface area contributed by atoms with E-state index in [1.165, 1.54) is 12.1 Å². The monoisotopic (exact) mass is 421 g/mol. The molecule has 0 radical (unpaired) electrons. The maximum atomic E-state index is 13.1. The van der Waals surface area contributed by atoms with Gasteiger partial charge in [0.2, 0.25) is 0 Å². The van der Waals surface area contributed by atoms with Crippen LogP contribution in [0, 0.1) is 0 Å². The quantitative estimate of drug-likeness (QED) is 0.723. The largest absolute Gasteiger partial charge is 0.354 e. The van der Waals surface area contributed by atoms with Gasteiger partial charge in [-0.1, -0.05) is 24.3 Å². The zero-order valence-electron chi connectivity index (χ0n) is 15.4. The first-order valence-corrected chi connectivity index (χ1v) is 12.6. The van der Waals surface area contributed by atoms with Gasteiger partial charge in [-0.15, -0.1) is 0 Å². The van der Waals surface area contributed by atoms with Crippen LogP contribution in [0.2, 0.25) is 0 Å². The van der Waals surface area contributed by atoms with Gasteiger partial charge in [0.05, 0.1) is 21.7 Å². The molecule has 0 amide bonds. The fraction of sp³-hybridized carbons (Fsp3) is 0.421. The van der Waals surface area contributed by atoms with Crippen LogP contribution in [-0.2, 0) is 19.7 Å². The van der Waals surface area contributed by atoms with E-state index in [1.807, 2.05) is 23.1 Å². The van der Waals surface area contributed by atoms with E-state index in [2.05, 4.69) is 9.88 Å². The van der Waals surface area contributed by atoms with Gasteiger partial charge in [0.1, 0.15) is 5.82 Å². The standard InChI is InChI=1S/C19H23N3O4S2/c23-27(24)14-17(18(15-27)28(25,26)16-6-2-1-3-7-16)21-10-12-22(13-11-21)19-8-4-5-9-20-19/h1-9,17-18H,10-15H2/t17-,18-/m0/s1. The number of aromatic nitrogens is 1. The van der Waals surface area contributed by atoms with Crippen LogP contribution in [0.25, 0.3) is 0 Å². The number of benzene rings is 1. The maximum Gasteiger partial charge on any atom is 0.183 e. The van der Waals surface area contributed by atoms with Gasteiger partial charge < -0.3 is 4.90 Å². The highest BCUT2D eigenvalue weighted by atomic mass is 32.2. The fourth-order valence-corrected chi connectivity index (χ4v) is 8.89. The third-order valence-electron chi connectivity index (χ3n) is 5.50. The number of hydrogen-bond donors (Lipinski definition) is 0. The number of pyridine rings is 1. The Kier molecular flexibility index (Phi) is 5.15. The van der Waals surface area contributed by atoms with Gasteiger partial charge in [0.15, 0.2) is 19.7 Å². The number of rotatable bonds is 4. The van der Waals surface area contributed by atoms with Crippen molar-refractivity contribution in [3.63, 3.8) is 0 Å². The summed E-state index contributed by atoms with van der Waals surface area (Å²) in [6.45, 7) is 2.59. The topological polar surface area (TPSA) is 87.7 Å². The summed E-state index contributed by atoms with van der Waals surface area (Å²) in [5, 5.41) is -0.929. The van der Waals surface area contributed by atoms with Gasteiger partial charge in [0, 0.05) is 38.4 Å². The van der Waals surface area contributed by atoms with E-state index in [1.54, 1.807) is 24.4 Å². The lowest BCUT2D eigenvalue weighted by Crippen LogP contribution is -2.55. The Hall–Kier alpha value is -1.97. The summed E-state index contributed by atoms with van der Waals surface area (Å²) in [4.78, 5) is 8.71. The van der Waals surface area contributed by atoms with E-state index in [0.29, 0.717) is 26.2 Å². The number of hydrogen-bond acceptors (Lipinski definition) is 7. The molecule has 0 unspecified atom stereocenters. The lowest BCUT2D eigenvalue weighted by atomic mass is 10.2. The minimum absolute atomic E-state index is 0.104. The molecule has 2 aliphatic rings. The highest BCUT2D eigenvalue weighted by molar-refractivity contribution is 7.96. The van der Waals surface area contributed by atoms with Crippen molar-refractivity contribution in [2.75, 3.05) is 42.6 Å². The second-order valence-corrected chi connectivity index (χ2v) is 11.6. The van der Waals surface area contributed by atoms with Gasteiger partial charge in [0.25, 0.3) is 0 Å². The Balaban J connectivity index is 1.55. The van der Waals surface area contributed by atoms with Crippen molar-refractivity contribution in [2.45, 2.75) is 16.2 Å². The number of anilines is 1. The van der Waals surface area contributed by atoms with Crippen LogP contribution in [-0.4, -0.2) is 75.7 Å². The molecule has 2 atom stereocenters. The van der Waals surface area contributed by atoms with Crippen molar-refractivity contribution in [1.29, 1.82) is 0 Å². The van der Waals surface area contributed by atoms with Crippen LogP contribution in [0.3, 0.4) is 0 Å². The van der Waals surface area contributed by atoms with Gasteiger partial charge in [-0.2, -0.15) is 0 Å². The summed E-state index contributed by atoms with van der Waals surface area (Å²) >= 11 is 0. The average molecular weight is 422 g/mol. The van der Waals surface area contributed by atoms with Crippen molar-refractivity contribution >= 4 is 25.5 Å². The van der Waals surface area contributed by atoms with Gasteiger partial charge in [-0.05, 0) is 24.3 Å². The summed E-state index contributed by atoms with van der Waals surface area (Å²) < 4.78 is 51.0. The van der Waals surface area contributed by atoms with Crippen molar-refractivity contribution in [3.8, 4) is 0 Å². The molecule has 4 rings (SSSR count). The molecule has 3 heterocycles. The van der Waals surface area contributed by atoms with Crippen molar-refractivity contribution in [3.05, 3.63) is 54.7 Å². The normalized spacial score (nSPS) is 25.6. The molecule has 2 saturated heterocycles. The summed E-state index contributed by atoms with van der Waals surface area (Å²) in [5.74, 6) is 0.470. The summed E-state index contributed by atoms with van der Waals surface area (Å²) in [6.07, 6.45) is 1.74. The molecule has 7 nitrogen and oxygen atoms in total. The molecular weight excluding hydrogens is 398 g/mol. The minimum atomic E-state index is -3.72. The zero-order valence-corrected chi connectivity index (χ0v) is 17.0. The van der Waals surface area contributed by atoms with E-state index in [-0.39, 0.29) is 16.4 Å². The summed E-state index contributed by atoms with van der Waals surface area (Å²) in [5.41, 5.74) is 0. The third kappa shape index (κ3) is 3.78. The summed E-state index contributed by atoms with van der Waals surface area (Å²) in [7, 11) is -7.12. The molecule has 1 aromatic carbocycles. The van der Waals surface area contributed by atoms with E-state index in [0.717, 1.165) is 5.82 Å². The predicted molar refractivity (Wildman–Crippen MR) is 108 cm³/mol. The molecular formula is C19H23N3O4S2. The molecule has 0 N–H and O–H groups in total. The Morgan fingerprint density at radius 2 is 1.57 bits per heavy atom. The van der Waals surface area contributed by atoms with E-state index in [4.69, 9.17) is 0 Å². The van der Waals surface area contributed by atoms with Crippen molar-refractivity contribution in [1.82, 2.24) is 9.88 Å². The second kappa shape index (κ2) is 7.46. The van der Waals surface area contributed by atoms with Gasteiger partial charge >= 0.3 is 0 Å². The molecule has 150 valence electrons. The first-order chi connectivity index (χ1) is 13.4. The fourth-order valence-electron chi connectivity index (χ4n) is 4.04. The molecule has 1 aromatic heterocycles. The average Bonchev–Trinajstić information content (AvgIpc) is 3.06.